The van der Waals surface area contributed by atoms with Crippen LogP contribution in [0.1, 0.15) is 6.92 Å². The maximum atomic E-state index is 5.13. The molecule has 0 radical (unpaired) electrons. The van der Waals surface area contributed by atoms with Crippen LogP contribution in [0.25, 0.3) is 0 Å². The van der Waals surface area contributed by atoms with E-state index in [1.165, 1.54) is 0 Å². The van der Waals surface area contributed by atoms with Gasteiger partial charge in [0.2, 0.25) is 0 Å². The highest BCUT2D eigenvalue weighted by Gasteiger charge is 2.32. The van der Waals surface area contributed by atoms with Crippen molar-refractivity contribution in [3.63, 3.8) is 0 Å². The molecule has 0 saturated heterocycles. The fourth-order valence-electron chi connectivity index (χ4n) is 0.346. The van der Waals surface area contributed by atoms with Gasteiger partial charge in [-0.25, -0.2) is 0 Å². The summed E-state index contributed by atoms with van der Waals surface area (Å²) in [5, 5.41) is 0. The number of hydrogen-bond acceptors (Lipinski definition) is 4. The molecular formula is C6H15NO3Si. The second-order valence-electron chi connectivity index (χ2n) is 2.26. The standard InChI is InChI=1S/C6H15NO3Si/c1-6(2)7-10-11(5,8-3)9-4/h7H,1H2,2-5H3. The van der Waals surface area contributed by atoms with Crippen molar-refractivity contribution in [2.24, 2.45) is 0 Å². The van der Waals surface area contributed by atoms with E-state index < -0.39 is 8.80 Å². The van der Waals surface area contributed by atoms with Crippen LogP contribution in [0.3, 0.4) is 0 Å². The first-order valence-electron chi connectivity index (χ1n) is 3.24. The fraction of sp³-hybridized carbons (Fsp3) is 0.667. The molecule has 0 bridgehead atoms. The summed E-state index contributed by atoms with van der Waals surface area (Å²) in [6, 6.07) is 0. The molecule has 0 aromatic carbocycles. The Hall–Kier alpha value is -0.363. The SMILES string of the molecule is C=C(C)NO[Si](C)(OC)OC. The number of allylic oxidation sites excluding steroid dienone is 1. The molecule has 0 atom stereocenters. The highest BCUT2D eigenvalue weighted by atomic mass is 28.4. The average Bonchev–Trinajstić information content (AvgIpc) is 2.00. The molecule has 0 aliphatic carbocycles. The molecule has 0 amide bonds. The maximum absolute atomic E-state index is 5.13. The third-order valence-electron chi connectivity index (χ3n) is 1.15. The molecule has 0 rings (SSSR count). The van der Waals surface area contributed by atoms with E-state index in [9.17, 15) is 0 Å². The summed E-state index contributed by atoms with van der Waals surface area (Å²) >= 11 is 0. The zero-order chi connectivity index (χ0) is 8.91. The molecule has 0 saturated carbocycles. The lowest BCUT2D eigenvalue weighted by Gasteiger charge is -2.21. The minimum absolute atomic E-state index is 0.720. The van der Waals surface area contributed by atoms with Gasteiger partial charge in [-0.2, -0.15) is 0 Å². The molecule has 0 fully saturated rings. The van der Waals surface area contributed by atoms with E-state index in [0.717, 1.165) is 5.70 Å². The van der Waals surface area contributed by atoms with Gasteiger partial charge in [0.1, 0.15) is 0 Å². The summed E-state index contributed by atoms with van der Waals surface area (Å²) in [7, 11) is 0.671. The Morgan fingerprint density at radius 1 is 1.36 bits per heavy atom. The molecule has 66 valence electrons. The topological polar surface area (TPSA) is 39.7 Å². The molecule has 11 heavy (non-hydrogen) atoms. The second-order valence-corrected chi connectivity index (χ2v) is 5.00. The van der Waals surface area contributed by atoms with Crippen molar-refractivity contribution in [3.8, 4) is 0 Å². The van der Waals surface area contributed by atoms with Gasteiger partial charge in [-0.3, -0.25) is 10.0 Å². The van der Waals surface area contributed by atoms with Crippen LogP contribution in [-0.4, -0.2) is 23.0 Å². The van der Waals surface area contributed by atoms with Crippen LogP contribution >= 0.6 is 0 Å². The van der Waals surface area contributed by atoms with Crippen LogP contribution in [0.2, 0.25) is 6.55 Å². The Bertz CT molecular complexity index is 136. The lowest BCUT2D eigenvalue weighted by atomic mass is 10.6. The number of rotatable bonds is 5. The van der Waals surface area contributed by atoms with Crippen molar-refractivity contribution in [3.05, 3.63) is 12.3 Å². The van der Waals surface area contributed by atoms with Crippen molar-refractivity contribution in [2.45, 2.75) is 13.5 Å². The van der Waals surface area contributed by atoms with Crippen LogP contribution in [0, 0.1) is 0 Å². The van der Waals surface area contributed by atoms with Gasteiger partial charge in [0.05, 0.1) is 0 Å². The minimum Gasteiger partial charge on any atom is -0.376 e. The molecule has 0 aliphatic heterocycles. The van der Waals surface area contributed by atoms with Gasteiger partial charge < -0.3 is 8.85 Å². The quantitative estimate of drug-likeness (QED) is 0.500. The molecule has 1 N–H and O–H groups in total. The molecule has 4 nitrogen and oxygen atoms in total. The van der Waals surface area contributed by atoms with Gasteiger partial charge in [0.25, 0.3) is 0 Å². The summed E-state index contributed by atoms with van der Waals surface area (Å²) in [4.78, 5) is 0. The molecule has 5 heteroatoms. The van der Waals surface area contributed by atoms with Crippen molar-refractivity contribution >= 4 is 8.80 Å². The molecule has 0 spiro atoms. The van der Waals surface area contributed by atoms with Gasteiger partial charge in [-0.15, -0.1) is 0 Å². The monoisotopic (exact) mass is 177 g/mol. The summed E-state index contributed by atoms with van der Waals surface area (Å²) in [5.41, 5.74) is 3.33. The van der Waals surface area contributed by atoms with Crippen LogP contribution in [0.15, 0.2) is 12.3 Å². The van der Waals surface area contributed by atoms with E-state index in [2.05, 4.69) is 12.1 Å². The Balaban J connectivity index is 3.78. The molecular weight excluding hydrogens is 162 g/mol. The van der Waals surface area contributed by atoms with Crippen LogP contribution in [-0.2, 0) is 13.4 Å². The van der Waals surface area contributed by atoms with Crippen molar-refractivity contribution in [1.29, 1.82) is 0 Å². The normalized spacial score (nSPS) is 11.3. The Kier molecular flexibility index (Phi) is 4.35. The number of hydroxylamine groups is 1. The molecule has 0 aliphatic rings. The van der Waals surface area contributed by atoms with E-state index in [1.807, 2.05) is 0 Å². The van der Waals surface area contributed by atoms with Gasteiger partial charge in [0.15, 0.2) is 0 Å². The Morgan fingerprint density at radius 2 is 1.82 bits per heavy atom. The largest absolute Gasteiger partial charge is 0.519 e. The third kappa shape index (κ3) is 4.15. The van der Waals surface area contributed by atoms with E-state index in [1.54, 1.807) is 27.7 Å². The molecule has 0 heterocycles. The van der Waals surface area contributed by atoms with Crippen molar-refractivity contribution in [2.75, 3.05) is 14.2 Å². The van der Waals surface area contributed by atoms with E-state index in [4.69, 9.17) is 13.4 Å². The van der Waals surface area contributed by atoms with Crippen LogP contribution in [0.4, 0.5) is 0 Å². The predicted molar refractivity (Wildman–Crippen MR) is 44.7 cm³/mol. The first-order chi connectivity index (χ1) is 5.04. The summed E-state index contributed by atoms with van der Waals surface area (Å²) < 4.78 is 15.2. The summed E-state index contributed by atoms with van der Waals surface area (Å²) in [6.45, 7) is 7.17. The summed E-state index contributed by atoms with van der Waals surface area (Å²) in [5.74, 6) is 0. The van der Waals surface area contributed by atoms with E-state index >= 15 is 0 Å². The van der Waals surface area contributed by atoms with Gasteiger partial charge in [0, 0.05) is 26.5 Å². The fourth-order valence-corrected chi connectivity index (χ4v) is 1.04. The third-order valence-corrected chi connectivity index (χ3v) is 3.11. The zero-order valence-corrected chi connectivity index (χ0v) is 8.43. The maximum Gasteiger partial charge on any atom is 0.519 e. The van der Waals surface area contributed by atoms with Gasteiger partial charge in [-0.1, -0.05) is 6.58 Å². The predicted octanol–water partition coefficient (Wildman–Crippen LogP) is 0.903. The first kappa shape index (κ1) is 10.6. The van der Waals surface area contributed by atoms with E-state index in [0.29, 0.717) is 0 Å². The number of nitrogens with one attached hydrogen (secondary N) is 1. The zero-order valence-electron chi connectivity index (χ0n) is 7.43. The first-order valence-corrected chi connectivity index (χ1v) is 5.46. The highest BCUT2D eigenvalue weighted by Crippen LogP contribution is 2.03. The molecule has 0 unspecified atom stereocenters. The lowest BCUT2D eigenvalue weighted by Crippen LogP contribution is -2.44. The minimum atomic E-state index is -2.43. The van der Waals surface area contributed by atoms with Crippen LogP contribution < -0.4 is 5.48 Å². The van der Waals surface area contributed by atoms with Gasteiger partial charge >= 0.3 is 8.80 Å². The van der Waals surface area contributed by atoms with Crippen molar-refractivity contribution < 1.29 is 13.4 Å². The molecule has 0 aromatic heterocycles. The molecule has 0 aromatic rings. The lowest BCUT2D eigenvalue weighted by molar-refractivity contribution is 0.0670. The van der Waals surface area contributed by atoms with Crippen LogP contribution in [0.5, 0.6) is 0 Å². The smallest absolute Gasteiger partial charge is 0.376 e. The number of hydrogen-bond donors (Lipinski definition) is 1. The van der Waals surface area contributed by atoms with Crippen molar-refractivity contribution in [1.82, 2.24) is 5.48 Å². The average molecular weight is 177 g/mol. The van der Waals surface area contributed by atoms with Gasteiger partial charge in [-0.05, 0) is 6.92 Å². The second kappa shape index (κ2) is 4.50. The summed E-state index contributed by atoms with van der Waals surface area (Å²) in [6.07, 6.45) is 0. The Labute approximate surface area is 68.5 Å². The Morgan fingerprint density at radius 3 is 2.09 bits per heavy atom. The highest BCUT2D eigenvalue weighted by molar-refractivity contribution is 6.58. The van der Waals surface area contributed by atoms with E-state index in [-0.39, 0.29) is 0 Å².